The first-order chi connectivity index (χ1) is 10.1. The molecule has 0 atom stereocenters. The summed E-state index contributed by atoms with van der Waals surface area (Å²) in [5, 5.41) is 3.08. The SMILES string of the molecule is O=C(Nc1cccc(F)n1)c1cc(=O)[nH]c2ccccc12. The van der Waals surface area contributed by atoms with Crippen molar-refractivity contribution in [1.29, 1.82) is 0 Å². The van der Waals surface area contributed by atoms with E-state index in [1.165, 1.54) is 24.3 Å². The number of pyridine rings is 2. The van der Waals surface area contributed by atoms with Gasteiger partial charge in [-0.25, -0.2) is 4.98 Å². The summed E-state index contributed by atoms with van der Waals surface area (Å²) in [6, 6.07) is 12.2. The third kappa shape index (κ3) is 2.64. The quantitative estimate of drug-likeness (QED) is 0.709. The van der Waals surface area contributed by atoms with Gasteiger partial charge in [0.15, 0.2) is 0 Å². The van der Waals surface area contributed by atoms with E-state index in [1.54, 1.807) is 24.3 Å². The number of anilines is 1. The van der Waals surface area contributed by atoms with Crippen LogP contribution >= 0.6 is 0 Å². The van der Waals surface area contributed by atoms with Crippen molar-refractivity contribution in [2.45, 2.75) is 0 Å². The van der Waals surface area contributed by atoms with E-state index >= 15 is 0 Å². The van der Waals surface area contributed by atoms with E-state index in [1.807, 2.05) is 0 Å². The second kappa shape index (κ2) is 5.16. The molecular formula is C15H10FN3O2. The van der Waals surface area contributed by atoms with Crippen molar-refractivity contribution in [2.24, 2.45) is 0 Å². The molecule has 0 unspecified atom stereocenters. The average molecular weight is 283 g/mol. The van der Waals surface area contributed by atoms with Crippen molar-refractivity contribution >= 4 is 22.6 Å². The van der Waals surface area contributed by atoms with Gasteiger partial charge in [0.05, 0.1) is 5.56 Å². The Kier molecular flexibility index (Phi) is 3.19. The van der Waals surface area contributed by atoms with Crippen molar-refractivity contribution in [3.05, 3.63) is 70.4 Å². The van der Waals surface area contributed by atoms with Crippen LogP contribution in [0.25, 0.3) is 10.9 Å². The highest BCUT2D eigenvalue weighted by molar-refractivity contribution is 6.11. The first-order valence-corrected chi connectivity index (χ1v) is 6.19. The van der Waals surface area contributed by atoms with Gasteiger partial charge in [0, 0.05) is 17.0 Å². The number of benzene rings is 1. The fourth-order valence-corrected chi connectivity index (χ4v) is 2.05. The summed E-state index contributed by atoms with van der Waals surface area (Å²) < 4.78 is 13.0. The molecule has 1 aromatic carbocycles. The summed E-state index contributed by atoms with van der Waals surface area (Å²) in [7, 11) is 0. The van der Waals surface area contributed by atoms with Gasteiger partial charge in [0.25, 0.3) is 5.91 Å². The van der Waals surface area contributed by atoms with E-state index in [0.29, 0.717) is 10.9 Å². The van der Waals surface area contributed by atoms with Gasteiger partial charge >= 0.3 is 0 Å². The van der Waals surface area contributed by atoms with Gasteiger partial charge in [-0.15, -0.1) is 0 Å². The Morgan fingerprint density at radius 2 is 1.95 bits per heavy atom. The number of H-pyrrole nitrogens is 1. The van der Waals surface area contributed by atoms with Crippen LogP contribution < -0.4 is 10.9 Å². The molecule has 3 rings (SSSR count). The second-order valence-electron chi connectivity index (χ2n) is 4.39. The van der Waals surface area contributed by atoms with Crippen LogP contribution in [-0.2, 0) is 0 Å². The number of nitrogens with one attached hydrogen (secondary N) is 2. The standard InChI is InChI=1S/C15H10FN3O2/c16-12-6-3-7-13(18-12)19-15(21)10-8-14(20)17-11-5-2-1-4-9(10)11/h1-8H,(H,17,20)(H,18,19,21). The highest BCUT2D eigenvalue weighted by atomic mass is 19.1. The maximum absolute atomic E-state index is 13.0. The Labute approximate surface area is 118 Å². The molecule has 2 heterocycles. The van der Waals surface area contributed by atoms with Gasteiger partial charge in [-0.3, -0.25) is 9.59 Å². The summed E-state index contributed by atoms with van der Waals surface area (Å²) >= 11 is 0. The maximum Gasteiger partial charge on any atom is 0.257 e. The summed E-state index contributed by atoms with van der Waals surface area (Å²) in [4.78, 5) is 30.1. The molecule has 0 spiro atoms. The highest BCUT2D eigenvalue weighted by Crippen LogP contribution is 2.16. The zero-order valence-corrected chi connectivity index (χ0v) is 10.8. The van der Waals surface area contributed by atoms with Crippen LogP contribution in [-0.4, -0.2) is 15.9 Å². The van der Waals surface area contributed by atoms with Crippen LogP contribution in [0.3, 0.4) is 0 Å². The van der Waals surface area contributed by atoms with E-state index in [9.17, 15) is 14.0 Å². The Balaban J connectivity index is 2.04. The normalized spacial score (nSPS) is 10.5. The smallest absolute Gasteiger partial charge is 0.257 e. The number of aromatic amines is 1. The van der Waals surface area contributed by atoms with Gasteiger partial charge in [0.2, 0.25) is 11.5 Å². The van der Waals surface area contributed by atoms with Crippen molar-refractivity contribution < 1.29 is 9.18 Å². The Morgan fingerprint density at radius 3 is 2.76 bits per heavy atom. The maximum atomic E-state index is 13.0. The lowest BCUT2D eigenvalue weighted by atomic mass is 10.1. The van der Waals surface area contributed by atoms with E-state index in [4.69, 9.17) is 0 Å². The topological polar surface area (TPSA) is 74.8 Å². The van der Waals surface area contributed by atoms with E-state index in [0.717, 1.165) is 0 Å². The Bertz CT molecular complexity index is 889. The summed E-state index contributed by atoms with van der Waals surface area (Å²) in [5.74, 6) is -1.12. The molecule has 3 aromatic rings. The van der Waals surface area contributed by atoms with E-state index in [2.05, 4.69) is 15.3 Å². The van der Waals surface area contributed by atoms with E-state index < -0.39 is 11.9 Å². The van der Waals surface area contributed by atoms with Gasteiger partial charge in [-0.1, -0.05) is 24.3 Å². The largest absolute Gasteiger partial charge is 0.322 e. The number of rotatable bonds is 2. The molecule has 0 radical (unpaired) electrons. The van der Waals surface area contributed by atoms with Crippen LogP contribution in [0.15, 0.2) is 53.3 Å². The zero-order chi connectivity index (χ0) is 14.8. The zero-order valence-electron chi connectivity index (χ0n) is 10.8. The molecule has 104 valence electrons. The Morgan fingerprint density at radius 1 is 1.14 bits per heavy atom. The number of hydrogen-bond donors (Lipinski definition) is 2. The van der Waals surface area contributed by atoms with Crippen LogP contribution in [0, 0.1) is 5.95 Å². The number of amides is 1. The molecule has 6 heteroatoms. The monoisotopic (exact) mass is 283 g/mol. The Hall–Kier alpha value is -3.02. The predicted molar refractivity (Wildman–Crippen MR) is 76.7 cm³/mol. The number of carbonyl (C=O) groups excluding carboxylic acids is 1. The molecule has 0 saturated carbocycles. The third-order valence-electron chi connectivity index (χ3n) is 2.95. The van der Waals surface area contributed by atoms with Crippen molar-refractivity contribution in [3.8, 4) is 0 Å². The number of para-hydroxylation sites is 1. The van der Waals surface area contributed by atoms with Gasteiger partial charge in [-0.05, 0) is 18.2 Å². The van der Waals surface area contributed by atoms with Gasteiger partial charge < -0.3 is 10.3 Å². The summed E-state index contributed by atoms with van der Waals surface area (Å²) in [6.45, 7) is 0. The fourth-order valence-electron chi connectivity index (χ4n) is 2.05. The fraction of sp³-hybridized carbons (Fsp3) is 0. The molecule has 0 aliphatic heterocycles. The first-order valence-electron chi connectivity index (χ1n) is 6.19. The lowest BCUT2D eigenvalue weighted by Crippen LogP contribution is -2.17. The molecule has 0 aliphatic carbocycles. The van der Waals surface area contributed by atoms with Gasteiger partial charge in [-0.2, -0.15) is 4.39 Å². The average Bonchev–Trinajstić information content (AvgIpc) is 2.46. The molecule has 0 saturated heterocycles. The third-order valence-corrected chi connectivity index (χ3v) is 2.95. The van der Waals surface area contributed by atoms with Crippen LogP contribution in [0.5, 0.6) is 0 Å². The highest BCUT2D eigenvalue weighted by Gasteiger charge is 2.12. The van der Waals surface area contributed by atoms with Crippen molar-refractivity contribution in [3.63, 3.8) is 0 Å². The van der Waals surface area contributed by atoms with Crippen molar-refractivity contribution in [2.75, 3.05) is 5.32 Å². The van der Waals surface area contributed by atoms with Gasteiger partial charge in [0.1, 0.15) is 5.82 Å². The molecule has 2 aromatic heterocycles. The molecule has 0 fully saturated rings. The molecule has 0 aliphatic rings. The van der Waals surface area contributed by atoms with Crippen LogP contribution in [0.1, 0.15) is 10.4 Å². The number of halogens is 1. The van der Waals surface area contributed by atoms with E-state index in [-0.39, 0.29) is 16.9 Å². The number of aromatic nitrogens is 2. The lowest BCUT2D eigenvalue weighted by molar-refractivity contribution is 0.102. The summed E-state index contributed by atoms with van der Waals surface area (Å²) in [6.07, 6.45) is 0. The minimum Gasteiger partial charge on any atom is -0.322 e. The van der Waals surface area contributed by atoms with Crippen molar-refractivity contribution in [1.82, 2.24) is 9.97 Å². The number of carbonyl (C=O) groups is 1. The predicted octanol–water partition coefficient (Wildman–Crippen LogP) is 2.31. The minimum absolute atomic E-state index is 0.0874. The molecule has 5 nitrogen and oxygen atoms in total. The molecule has 1 amide bonds. The first kappa shape index (κ1) is 13.0. The number of nitrogens with zero attached hydrogens (tertiary/aromatic N) is 1. The minimum atomic E-state index is -0.691. The lowest BCUT2D eigenvalue weighted by Gasteiger charge is -2.07. The number of fused-ring (bicyclic) bond motifs is 1. The number of hydrogen-bond acceptors (Lipinski definition) is 3. The van der Waals surface area contributed by atoms with Crippen LogP contribution in [0.2, 0.25) is 0 Å². The molecule has 21 heavy (non-hydrogen) atoms. The molecular weight excluding hydrogens is 273 g/mol. The molecule has 2 N–H and O–H groups in total. The van der Waals surface area contributed by atoms with Crippen LogP contribution in [0.4, 0.5) is 10.2 Å². The molecule has 0 bridgehead atoms. The second-order valence-corrected chi connectivity index (χ2v) is 4.39. The summed E-state index contributed by atoms with van der Waals surface area (Å²) in [5.41, 5.74) is 0.383.